The van der Waals surface area contributed by atoms with Crippen molar-refractivity contribution in [3.63, 3.8) is 0 Å². The lowest BCUT2D eigenvalue weighted by Gasteiger charge is -2.20. The van der Waals surface area contributed by atoms with E-state index in [1.807, 2.05) is 6.07 Å². The minimum absolute atomic E-state index is 0.210. The third-order valence-corrected chi connectivity index (χ3v) is 5.89. The Bertz CT molecular complexity index is 798. The summed E-state index contributed by atoms with van der Waals surface area (Å²) in [6.07, 6.45) is 19.3. The van der Waals surface area contributed by atoms with Crippen LogP contribution in [0.3, 0.4) is 0 Å². The molecule has 0 saturated heterocycles. The molecule has 0 atom stereocenters. The van der Waals surface area contributed by atoms with Crippen LogP contribution in [0.2, 0.25) is 0 Å². The van der Waals surface area contributed by atoms with E-state index in [4.69, 9.17) is 4.74 Å². The van der Waals surface area contributed by atoms with Crippen molar-refractivity contribution in [2.24, 2.45) is 5.41 Å². The third kappa shape index (κ3) is 16.2. The van der Waals surface area contributed by atoms with Gasteiger partial charge in [0.05, 0.1) is 13.2 Å². The summed E-state index contributed by atoms with van der Waals surface area (Å²) < 4.78 is 5.76. The SMILES string of the molecule is C=C(C/C=C(\C)CCC=C(C)C)CCC(C)(C)/C=C\CC/C(C)=C\COCc1ccccc1. The van der Waals surface area contributed by atoms with Gasteiger partial charge in [0.1, 0.15) is 0 Å². The van der Waals surface area contributed by atoms with Crippen molar-refractivity contribution in [2.45, 2.75) is 93.1 Å². The fraction of sp³-hybridized carbons (Fsp3) is 0.500. The molecule has 0 aliphatic heterocycles. The van der Waals surface area contributed by atoms with Gasteiger partial charge in [0.25, 0.3) is 0 Å². The summed E-state index contributed by atoms with van der Waals surface area (Å²) >= 11 is 0. The molecule has 0 aromatic heterocycles. The Labute approximate surface area is 205 Å². The maximum Gasteiger partial charge on any atom is 0.0721 e. The Morgan fingerprint density at radius 1 is 0.879 bits per heavy atom. The summed E-state index contributed by atoms with van der Waals surface area (Å²) in [7, 11) is 0. The highest BCUT2D eigenvalue weighted by Crippen LogP contribution is 2.27. The number of rotatable bonds is 16. The zero-order chi connectivity index (χ0) is 24.5. The Balaban J connectivity index is 2.24. The van der Waals surface area contributed by atoms with Gasteiger partial charge in [-0.25, -0.2) is 0 Å². The summed E-state index contributed by atoms with van der Waals surface area (Å²) in [6, 6.07) is 10.3. The van der Waals surface area contributed by atoms with E-state index in [1.54, 1.807) is 0 Å². The Kier molecular flexibility index (Phi) is 14.4. The second kappa shape index (κ2) is 16.5. The van der Waals surface area contributed by atoms with Gasteiger partial charge in [-0.05, 0) is 83.6 Å². The molecule has 0 N–H and O–H groups in total. The third-order valence-electron chi connectivity index (χ3n) is 5.89. The first kappa shape index (κ1) is 28.9. The molecular formula is C32H48O. The van der Waals surface area contributed by atoms with Gasteiger partial charge < -0.3 is 4.74 Å². The van der Waals surface area contributed by atoms with E-state index in [9.17, 15) is 0 Å². The molecule has 0 radical (unpaired) electrons. The first-order valence-corrected chi connectivity index (χ1v) is 12.6. The lowest BCUT2D eigenvalue weighted by atomic mass is 9.85. The Morgan fingerprint density at radius 2 is 1.55 bits per heavy atom. The first-order chi connectivity index (χ1) is 15.7. The molecule has 0 heterocycles. The molecule has 33 heavy (non-hydrogen) atoms. The summed E-state index contributed by atoms with van der Waals surface area (Å²) in [5.74, 6) is 0. The standard InChI is InChI=1S/C32H48O/c1-27(2)14-13-16-28(3)19-20-30(5)21-24-32(6,7)23-12-11-15-29(4)22-25-33-26-31-17-9-8-10-18-31/h8-10,12,14,17-19,22-23H,5,11,13,15-16,20-21,24-26H2,1-4,6-7H3/b23-12-,28-19+,29-22-. The zero-order valence-electron chi connectivity index (χ0n) is 22.3. The topological polar surface area (TPSA) is 9.23 Å². The van der Waals surface area contributed by atoms with Gasteiger partial charge in [-0.1, -0.05) is 103 Å². The van der Waals surface area contributed by atoms with E-state index in [0.717, 1.165) is 44.9 Å². The molecule has 0 unspecified atom stereocenters. The van der Waals surface area contributed by atoms with Crippen molar-refractivity contribution in [1.82, 2.24) is 0 Å². The van der Waals surface area contributed by atoms with Crippen LogP contribution in [0.4, 0.5) is 0 Å². The van der Waals surface area contributed by atoms with Crippen molar-refractivity contribution >= 4 is 0 Å². The largest absolute Gasteiger partial charge is 0.373 e. The molecule has 0 spiro atoms. The van der Waals surface area contributed by atoms with Gasteiger partial charge in [-0.3, -0.25) is 0 Å². The van der Waals surface area contributed by atoms with E-state index in [2.05, 4.69) is 103 Å². The van der Waals surface area contributed by atoms with Gasteiger partial charge in [-0.2, -0.15) is 0 Å². The van der Waals surface area contributed by atoms with Gasteiger partial charge >= 0.3 is 0 Å². The van der Waals surface area contributed by atoms with E-state index in [0.29, 0.717) is 13.2 Å². The molecule has 0 aliphatic rings. The van der Waals surface area contributed by atoms with Gasteiger partial charge in [0.2, 0.25) is 0 Å². The highest BCUT2D eigenvalue weighted by Gasteiger charge is 2.13. The van der Waals surface area contributed by atoms with Crippen LogP contribution in [0.5, 0.6) is 0 Å². The smallest absolute Gasteiger partial charge is 0.0721 e. The van der Waals surface area contributed by atoms with E-state index >= 15 is 0 Å². The minimum atomic E-state index is 0.210. The number of ether oxygens (including phenoxy) is 1. The summed E-state index contributed by atoms with van der Waals surface area (Å²) in [4.78, 5) is 0. The zero-order valence-corrected chi connectivity index (χ0v) is 22.3. The van der Waals surface area contributed by atoms with Crippen molar-refractivity contribution in [3.05, 3.63) is 95.1 Å². The van der Waals surface area contributed by atoms with Crippen molar-refractivity contribution < 1.29 is 4.74 Å². The molecule has 1 aromatic carbocycles. The number of benzene rings is 1. The van der Waals surface area contributed by atoms with Crippen LogP contribution in [0.25, 0.3) is 0 Å². The van der Waals surface area contributed by atoms with Crippen LogP contribution >= 0.6 is 0 Å². The van der Waals surface area contributed by atoms with Crippen LogP contribution in [-0.2, 0) is 11.3 Å². The molecule has 0 fully saturated rings. The normalized spacial score (nSPS) is 12.9. The first-order valence-electron chi connectivity index (χ1n) is 12.6. The van der Waals surface area contributed by atoms with E-state index < -0.39 is 0 Å². The molecule has 1 heteroatoms. The maximum atomic E-state index is 5.76. The second-order valence-corrected chi connectivity index (χ2v) is 10.3. The fourth-order valence-corrected chi connectivity index (χ4v) is 3.46. The van der Waals surface area contributed by atoms with Crippen LogP contribution in [0.1, 0.15) is 92.1 Å². The average molecular weight is 449 g/mol. The molecule has 182 valence electrons. The van der Waals surface area contributed by atoms with Crippen LogP contribution < -0.4 is 0 Å². The van der Waals surface area contributed by atoms with Crippen molar-refractivity contribution in [2.75, 3.05) is 6.61 Å². The van der Waals surface area contributed by atoms with Crippen LogP contribution in [-0.4, -0.2) is 6.61 Å². The van der Waals surface area contributed by atoms with Gasteiger partial charge in [0, 0.05) is 0 Å². The Hall–Kier alpha value is -2.12. The molecule has 1 nitrogen and oxygen atoms in total. The lowest BCUT2D eigenvalue weighted by molar-refractivity contribution is 0.148. The van der Waals surface area contributed by atoms with Gasteiger partial charge in [-0.15, -0.1) is 0 Å². The molecular weight excluding hydrogens is 400 g/mol. The monoisotopic (exact) mass is 448 g/mol. The molecule has 1 aromatic rings. The quantitative estimate of drug-likeness (QED) is 0.180. The lowest BCUT2D eigenvalue weighted by Crippen LogP contribution is -2.07. The predicted octanol–water partition coefficient (Wildman–Crippen LogP) is 9.93. The number of hydrogen-bond donors (Lipinski definition) is 0. The average Bonchev–Trinajstić information content (AvgIpc) is 2.77. The van der Waals surface area contributed by atoms with Crippen molar-refractivity contribution in [3.8, 4) is 0 Å². The van der Waals surface area contributed by atoms with Crippen molar-refractivity contribution in [1.29, 1.82) is 0 Å². The predicted molar refractivity (Wildman–Crippen MR) is 147 cm³/mol. The minimum Gasteiger partial charge on any atom is -0.373 e. The highest BCUT2D eigenvalue weighted by atomic mass is 16.5. The van der Waals surface area contributed by atoms with Crippen LogP contribution in [0.15, 0.2) is 89.6 Å². The van der Waals surface area contributed by atoms with E-state index in [1.165, 1.54) is 27.9 Å². The summed E-state index contributed by atoms with van der Waals surface area (Å²) in [6.45, 7) is 19.1. The summed E-state index contributed by atoms with van der Waals surface area (Å²) in [5.41, 5.74) is 7.05. The maximum absolute atomic E-state index is 5.76. The Morgan fingerprint density at radius 3 is 2.24 bits per heavy atom. The molecule has 0 saturated carbocycles. The molecule has 0 aliphatic carbocycles. The fourth-order valence-electron chi connectivity index (χ4n) is 3.46. The summed E-state index contributed by atoms with van der Waals surface area (Å²) in [5, 5.41) is 0. The highest BCUT2D eigenvalue weighted by molar-refractivity contribution is 5.13. The number of allylic oxidation sites excluding steroid dienone is 8. The van der Waals surface area contributed by atoms with Gasteiger partial charge in [0.15, 0.2) is 0 Å². The van der Waals surface area contributed by atoms with Crippen LogP contribution in [0, 0.1) is 5.41 Å². The number of hydrogen-bond acceptors (Lipinski definition) is 1. The van der Waals surface area contributed by atoms with E-state index in [-0.39, 0.29) is 5.41 Å². The second-order valence-electron chi connectivity index (χ2n) is 10.3. The molecule has 1 rings (SSSR count). The molecule has 0 amide bonds. The molecule has 0 bridgehead atoms.